The van der Waals surface area contributed by atoms with Gasteiger partial charge in [-0.25, -0.2) is 13.6 Å². The first-order chi connectivity index (χ1) is 11.9. The summed E-state index contributed by atoms with van der Waals surface area (Å²) in [7, 11) is 0. The molecule has 5 nitrogen and oxygen atoms in total. The standard InChI is InChI=1S/C17H14BrF2N3O2/c18-10-1-6-14(13(20)9-10)21-17(25)22-15-7-8-23(16(15)24)12-4-2-11(19)3-5-12/h1-6,9,15H,7-8H2,(H2,21,22,25)/t15-/m0/s1. The molecule has 3 rings (SSSR count). The van der Waals surface area contributed by atoms with Crippen LogP contribution >= 0.6 is 15.9 Å². The fourth-order valence-corrected chi connectivity index (χ4v) is 2.93. The van der Waals surface area contributed by atoms with E-state index in [0.29, 0.717) is 23.1 Å². The Morgan fingerprint density at radius 1 is 1.16 bits per heavy atom. The first-order valence-corrected chi connectivity index (χ1v) is 8.33. The average molecular weight is 410 g/mol. The monoisotopic (exact) mass is 409 g/mol. The number of hydrogen-bond donors (Lipinski definition) is 2. The van der Waals surface area contributed by atoms with Gasteiger partial charge in [-0.3, -0.25) is 4.79 Å². The second-order valence-electron chi connectivity index (χ2n) is 5.53. The minimum Gasteiger partial charge on any atom is -0.326 e. The Labute approximate surface area is 151 Å². The van der Waals surface area contributed by atoms with E-state index in [-0.39, 0.29) is 17.4 Å². The fraction of sp³-hybridized carbons (Fsp3) is 0.176. The molecule has 130 valence electrons. The zero-order valence-electron chi connectivity index (χ0n) is 12.9. The SMILES string of the molecule is O=C(Nc1ccc(Br)cc1F)N[C@H]1CCN(c2ccc(F)cc2)C1=O. The van der Waals surface area contributed by atoms with E-state index in [1.54, 1.807) is 6.07 Å². The summed E-state index contributed by atoms with van der Waals surface area (Å²) in [6, 6.07) is 8.41. The highest BCUT2D eigenvalue weighted by atomic mass is 79.9. The van der Waals surface area contributed by atoms with E-state index in [1.165, 1.54) is 41.3 Å². The number of carbonyl (C=O) groups is 2. The molecule has 2 N–H and O–H groups in total. The molecular formula is C17H14BrF2N3O2. The van der Waals surface area contributed by atoms with Crippen molar-refractivity contribution in [3.05, 3.63) is 58.6 Å². The van der Waals surface area contributed by atoms with Gasteiger partial charge in [-0.05, 0) is 48.9 Å². The first kappa shape index (κ1) is 17.3. The molecule has 0 unspecified atom stereocenters. The predicted molar refractivity (Wildman–Crippen MR) is 93.4 cm³/mol. The van der Waals surface area contributed by atoms with Gasteiger partial charge in [0.25, 0.3) is 0 Å². The van der Waals surface area contributed by atoms with Crippen molar-refractivity contribution in [1.82, 2.24) is 5.32 Å². The number of carbonyl (C=O) groups excluding carboxylic acids is 2. The van der Waals surface area contributed by atoms with Crippen LogP contribution in [0.3, 0.4) is 0 Å². The lowest BCUT2D eigenvalue weighted by molar-refractivity contribution is -0.118. The molecule has 0 radical (unpaired) electrons. The minimum atomic E-state index is -0.719. The summed E-state index contributed by atoms with van der Waals surface area (Å²) in [6.45, 7) is 0.405. The highest BCUT2D eigenvalue weighted by molar-refractivity contribution is 9.10. The molecule has 0 aromatic heterocycles. The van der Waals surface area contributed by atoms with Crippen molar-refractivity contribution >= 4 is 39.2 Å². The number of urea groups is 1. The van der Waals surface area contributed by atoms with Crippen LogP contribution in [0.1, 0.15) is 6.42 Å². The van der Waals surface area contributed by atoms with Crippen molar-refractivity contribution in [1.29, 1.82) is 0 Å². The zero-order valence-corrected chi connectivity index (χ0v) is 14.5. The molecule has 0 bridgehead atoms. The number of amides is 3. The molecule has 8 heteroatoms. The Hall–Kier alpha value is -2.48. The van der Waals surface area contributed by atoms with Crippen LogP contribution in [0.2, 0.25) is 0 Å². The summed E-state index contributed by atoms with van der Waals surface area (Å²) in [4.78, 5) is 25.9. The van der Waals surface area contributed by atoms with Crippen molar-refractivity contribution in [2.24, 2.45) is 0 Å². The van der Waals surface area contributed by atoms with Gasteiger partial charge in [-0.2, -0.15) is 0 Å². The van der Waals surface area contributed by atoms with Crippen molar-refractivity contribution in [2.45, 2.75) is 12.5 Å². The molecule has 1 atom stereocenters. The Kier molecular flexibility index (Phi) is 4.98. The third-order valence-electron chi connectivity index (χ3n) is 3.83. The predicted octanol–water partition coefficient (Wildman–Crippen LogP) is 3.65. The quantitative estimate of drug-likeness (QED) is 0.812. The summed E-state index contributed by atoms with van der Waals surface area (Å²) in [6.07, 6.45) is 0.409. The van der Waals surface area contributed by atoms with Gasteiger partial charge >= 0.3 is 6.03 Å². The fourth-order valence-electron chi connectivity index (χ4n) is 2.60. The van der Waals surface area contributed by atoms with Gasteiger partial charge in [0.05, 0.1) is 5.69 Å². The number of benzene rings is 2. The van der Waals surface area contributed by atoms with Crippen molar-refractivity contribution < 1.29 is 18.4 Å². The maximum atomic E-state index is 13.7. The van der Waals surface area contributed by atoms with Crippen LogP contribution < -0.4 is 15.5 Å². The van der Waals surface area contributed by atoms with Gasteiger partial charge in [0.15, 0.2) is 0 Å². The molecule has 0 spiro atoms. The molecule has 1 saturated heterocycles. The minimum absolute atomic E-state index is 0.0153. The Morgan fingerprint density at radius 3 is 2.56 bits per heavy atom. The van der Waals surface area contributed by atoms with Crippen LogP contribution in [-0.4, -0.2) is 24.5 Å². The molecule has 2 aromatic rings. The lowest BCUT2D eigenvalue weighted by Crippen LogP contribution is -2.43. The molecule has 0 aliphatic carbocycles. The highest BCUT2D eigenvalue weighted by Gasteiger charge is 2.33. The molecule has 1 fully saturated rings. The third kappa shape index (κ3) is 3.96. The van der Waals surface area contributed by atoms with Gasteiger partial charge in [0, 0.05) is 16.7 Å². The highest BCUT2D eigenvalue weighted by Crippen LogP contribution is 2.22. The second-order valence-corrected chi connectivity index (χ2v) is 6.45. The van der Waals surface area contributed by atoms with E-state index in [1.807, 2.05) is 0 Å². The molecule has 2 aromatic carbocycles. The van der Waals surface area contributed by atoms with Crippen LogP contribution in [0.4, 0.5) is 25.0 Å². The number of nitrogens with zero attached hydrogens (tertiary/aromatic N) is 1. The van der Waals surface area contributed by atoms with Crippen molar-refractivity contribution in [3.8, 4) is 0 Å². The largest absolute Gasteiger partial charge is 0.326 e. The molecule has 1 aliphatic heterocycles. The summed E-state index contributed by atoms with van der Waals surface area (Å²) < 4.78 is 27.3. The van der Waals surface area contributed by atoms with Crippen LogP contribution in [-0.2, 0) is 4.79 Å². The first-order valence-electron chi connectivity index (χ1n) is 7.53. The van der Waals surface area contributed by atoms with E-state index in [4.69, 9.17) is 0 Å². The van der Waals surface area contributed by atoms with Crippen LogP contribution in [0.5, 0.6) is 0 Å². The molecule has 1 aliphatic rings. The third-order valence-corrected chi connectivity index (χ3v) is 4.32. The Morgan fingerprint density at radius 2 is 1.88 bits per heavy atom. The van der Waals surface area contributed by atoms with Gasteiger partial charge in [0.2, 0.25) is 5.91 Å². The summed E-state index contributed by atoms with van der Waals surface area (Å²) in [5.74, 6) is -1.27. The van der Waals surface area contributed by atoms with Crippen molar-refractivity contribution in [2.75, 3.05) is 16.8 Å². The lowest BCUT2D eigenvalue weighted by Gasteiger charge is -2.17. The van der Waals surface area contributed by atoms with E-state index in [2.05, 4.69) is 26.6 Å². The molecule has 0 saturated carbocycles. The molecule has 3 amide bonds. The smallest absolute Gasteiger partial charge is 0.319 e. The van der Waals surface area contributed by atoms with Gasteiger partial charge in [-0.1, -0.05) is 15.9 Å². The van der Waals surface area contributed by atoms with Crippen molar-refractivity contribution in [3.63, 3.8) is 0 Å². The van der Waals surface area contributed by atoms with Crippen LogP contribution in [0.15, 0.2) is 46.9 Å². The molecule has 25 heavy (non-hydrogen) atoms. The lowest BCUT2D eigenvalue weighted by atomic mass is 10.2. The topological polar surface area (TPSA) is 61.4 Å². The summed E-state index contributed by atoms with van der Waals surface area (Å²) in [5, 5.41) is 4.92. The maximum absolute atomic E-state index is 13.7. The molecule has 1 heterocycles. The normalized spacial score (nSPS) is 16.8. The van der Waals surface area contributed by atoms with Gasteiger partial charge in [0.1, 0.15) is 17.7 Å². The summed E-state index contributed by atoms with van der Waals surface area (Å²) in [5.41, 5.74) is 0.580. The number of hydrogen-bond acceptors (Lipinski definition) is 2. The second kappa shape index (κ2) is 7.18. The Balaban J connectivity index is 1.62. The number of anilines is 2. The van der Waals surface area contributed by atoms with E-state index in [0.717, 1.165) is 0 Å². The van der Waals surface area contributed by atoms with Crippen LogP contribution in [0.25, 0.3) is 0 Å². The summed E-state index contributed by atoms with van der Waals surface area (Å²) >= 11 is 3.13. The number of rotatable bonds is 3. The van der Waals surface area contributed by atoms with Crippen LogP contribution in [0, 0.1) is 11.6 Å². The maximum Gasteiger partial charge on any atom is 0.319 e. The number of nitrogens with one attached hydrogen (secondary N) is 2. The Bertz CT molecular complexity index is 814. The zero-order chi connectivity index (χ0) is 18.0. The van der Waals surface area contributed by atoms with E-state index < -0.39 is 17.9 Å². The number of halogens is 3. The average Bonchev–Trinajstić information content (AvgIpc) is 2.92. The van der Waals surface area contributed by atoms with Gasteiger partial charge < -0.3 is 15.5 Å². The van der Waals surface area contributed by atoms with Gasteiger partial charge in [-0.15, -0.1) is 0 Å². The molecular weight excluding hydrogens is 396 g/mol. The van der Waals surface area contributed by atoms with E-state index >= 15 is 0 Å². The van der Waals surface area contributed by atoms with E-state index in [9.17, 15) is 18.4 Å².